The van der Waals surface area contributed by atoms with E-state index in [0.717, 1.165) is 23.5 Å². The van der Waals surface area contributed by atoms with Crippen molar-refractivity contribution in [2.45, 2.75) is 12.8 Å². The van der Waals surface area contributed by atoms with Crippen LogP contribution in [0, 0.1) is 0 Å². The summed E-state index contributed by atoms with van der Waals surface area (Å²) < 4.78 is 0. The average Bonchev–Trinajstić information content (AvgIpc) is 3.18. The van der Waals surface area contributed by atoms with Crippen molar-refractivity contribution in [3.8, 4) is 0 Å². The fraction of sp³-hybridized carbons (Fsp3) is 0.235. The number of carbonyl (C=O) groups is 1. The van der Waals surface area contributed by atoms with E-state index >= 15 is 0 Å². The number of thiophene rings is 1. The molecule has 0 unspecified atom stereocenters. The molecule has 1 N–H and O–H groups in total. The molecule has 1 saturated heterocycles. The van der Waals surface area contributed by atoms with Crippen LogP contribution >= 0.6 is 11.3 Å². The quantitative estimate of drug-likeness (QED) is 0.868. The second-order valence-corrected chi connectivity index (χ2v) is 6.07. The number of aliphatic carboxylic acids is 1. The van der Waals surface area contributed by atoms with E-state index in [2.05, 4.69) is 17.0 Å². The van der Waals surface area contributed by atoms with Crippen molar-refractivity contribution in [2.75, 3.05) is 18.0 Å². The molecule has 0 saturated carbocycles. The molecule has 4 heteroatoms. The van der Waals surface area contributed by atoms with Crippen LogP contribution in [0.5, 0.6) is 0 Å². The molecule has 0 atom stereocenters. The van der Waals surface area contributed by atoms with E-state index < -0.39 is 5.97 Å². The Morgan fingerprint density at radius 3 is 2.43 bits per heavy atom. The zero-order valence-electron chi connectivity index (χ0n) is 11.7. The minimum absolute atomic E-state index is 0.346. The molecule has 2 aromatic rings. The maximum atomic E-state index is 11.4. The van der Waals surface area contributed by atoms with E-state index in [4.69, 9.17) is 0 Å². The monoisotopic (exact) mass is 299 g/mol. The number of carboxylic acid groups (broad SMARTS) is 1. The largest absolute Gasteiger partial charge is 0.478 e. The van der Waals surface area contributed by atoms with E-state index in [-0.39, 0.29) is 0 Å². The number of rotatable bonds is 4. The summed E-state index contributed by atoms with van der Waals surface area (Å²) in [5.74, 6) is -0.888. The van der Waals surface area contributed by atoms with Gasteiger partial charge in [-0.15, -0.1) is 11.3 Å². The lowest BCUT2D eigenvalue weighted by Crippen LogP contribution is -2.17. The van der Waals surface area contributed by atoms with E-state index in [0.29, 0.717) is 5.57 Å². The summed E-state index contributed by atoms with van der Waals surface area (Å²) in [6.07, 6.45) is 4.24. The van der Waals surface area contributed by atoms with Crippen LogP contribution in [0.4, 0.5) is 5.69 Å². The fourth-order valence-electron chi connectivity index (χ4n) is 2.59. The molecule has 3 rings (SSSR count). The topological polar surface area (TPSA) is 40.5 Å². The molecule has 0 radical (unpaired) electrons. The number of anilines is 1. The van der Waals surface area contributed by atoms with Crippen LogP contribution in [0.3, 0.4) is 0 Å². The normalized spacial score (nSPS) is 15.4. The molecule has 108 valence electrons. The van der Waals surface area contributed by atoms with Gasteiger partial charge in [0, 0.05) is 23.7 Å². The summed E-state index contributed by atoms with van der Waals surface area (Å²) in [7, 11) is 0. The van der Waals surface area contributed by atoms with Crippen molar-refractivity contribution in [3.63, 3.8) is 0 Å². The van der Waals surface area contributed by atoms with Gasteiger partial charge in [-0.1, -0.05) is 18.2 Å². The third kappa shape index (κ3) is 3.16. The van der Waals surface area contributed by atoms with E-state index in [9.17, 15) is 9.90 Å². The van der Waals surface area contributed by atoms with Gasteiger partial charge in [0.25, 0.3) is 0 Å². The van der Waals surface area contributed by atoms with Crippen LogP contribution in [0.25, 0.3) is 11.6 Å². The molecule has 1 aliphatic heterocycles. The highest BCUT2D eigenvalue weighted by Crippen LogP contribution is 2.25. The van der Waals surface area contributed by atoms with Crippen molar-refractivity contribution in [3.05, 3.63) is 52.2 Å². The van der Waals surface area contributed by atoms with Gasteiger partial charge >= 0.3 is 5.97 Å². The average molecular weight is 299 g/mol. The highest BCUT2D eigenvalue weighted by atomic mass is 32.1. The molecular weight excluding hydrogens is 282 g/mol. The number of carboxylic acids is 1. The van der Waals surface area contributed by atoms with Gasteiger partial charge in [0.2, 0.25) is 0 Å². The summed E-state index contributed by atoms with van der Waals surface area (Å²) in [5.41, 5.74) is 2.49. The van der Waals surface area contributed by atoms with Crippen LogP contribution < -0.4 is 4.90 Å². The maximum absolute atomic E-state index is 11.4. The Morgan fingerprint density at radius 1 is 1.14 bits per heavy atom. The summed E-state index contributed by atoms with van der Waals surface area (Å²) in [4.78, 5) is 14.6. The first-order valence-corrected chi connectivity index (χ1v) is 7.96. The Labute approximate surface area is 128 Å². The molecule has 1 aromatic heterocycles. The van der Waals surface area contributed by atoms with Gasteiger partial charge in [0.1, 0.15) is 0 Å². The van der Waals surface area contributed by atoms with Gasteiger partial charge in [0.15, 0.2) is 0 Å². The van der Waals surface area contributed by atoms with Crippen molar-refractivity contribution >= 4 is 34.6 Å². The SMILES string of the molecule is O=C(O)/C(=C\c1ccc(N2CCCC2)cc1)c1cccs1. The summed E-state index contributed by atoms with van der Waals surface area (Å²) >= 11 is 1.44. The summed E-state index contributed by atoms with van der Waals surface area (Å²) in [6, 6.07) is 11.8. The van der Waals surface area contributed by atoms with Crippen molar-refractivity contribution in [2.24, 2.45) is 0 Å². The Morgan fingerprint density at radius 2 is 1.86 bits per heavy atom. The molecule has 1 aliphatic rings. The van der Waals surface area contributed by atoms with Crippen LogP contribution in [0.2, 0.25) is 0 Å². The number of benzene rings is 1. The smallest absolute Gasteiger partial charge is 0.337 e. The lowest BCUT2D eigenvalue weighted by atomic mass is 10.1. The third-order valence-electron chi connectivity index (χ3n) is 3.69. The van der Waals surface area contributed by atoms with Crippen LogP contribution in [0.15, 0.2) is 41.8 Å². The Kier molecular flexibility index (Phi) is 4.06. The molecule has 0 aliphatic carbocycles. The van der Waals surface area contributed by atoms with Crippen LogP contribution in [0.1, 0.15) is 23.3 Å². The molecule has 1 aromatic carbocycles. The summed E-state index contributed by atoms with van der Waals surface area (Å²) in [5, 5.41) is 11.3. The van der Waals surface area contributed by atoms with E-state index in [1.54, 1.807) is 6.08 Å². The second kappa shape index (κ2) is 6.14. The number of nitrogens with zero attached hydrogens (tertiary/aromatic N) is 1. The molecular formula is C17H17NO2S. The van der Waals surface area contributed by atoms with Crippen molar-refractivity contribution in [1.29, 1.82) is 0 Å². The zero-order chi connectivity index (χ0) is 14.7. The highest BCUT2D eigenvalue weighted by molar-refractivity contribution is 7.11. The third-order valence-corrected chi connectivity index (χ3v) is 4.60. The van der Waals surface area contributed by atoms with Crippen molar-refractivity contribution in [1.82, 2.24) is 0 Å². The van der Waals surface area contributed by atoms with Crippen LogP contribution in [-0.4, -0.2) is 24.2 Å². The fourth-order valence-corrected chi connectivity index (χ4v) is 3.33. The van der Waals surface area contributed by atoms with Gasteiger partial charge < -0.3 is 10.0 Å². The van der Waals surface area contributed by atoms with Crippen LogP contribution in [-0.2, 0) is 4.79 Å². The number of hydrogen-bond acceptors (Lipinski definition) is 3. The van der Waals surface area contributed by atoms with Gasteiger partial charge in [-0.3, -0.25) is 0 Å². The van der Waals surface area contributed by atoms with E-state index in [1.807, 2.05) is 29.6 Å². The first-order chi connectivity index (χ1) is 10.2. The Bertz CT molecular complexity index is 638. The Balaban J connectivity index is 1.85. The predicted molar refractivity (Wildman–Crippen MR) is 87.7 cm³/mol. The van der Waals surface area contributed by atoms with Gasteiger partial charge in [0.05, 0.1) is 5.57 Å². The van der Waals surface area contributed by atoms with Crippen molar-refractivity contribution < 1.29 is 9.90 Å². The minimum atomic E-state index is -0.888. The molecule has 0 amide bonds. The number of hydrogen-bond donors (Lipinski definition) is 1. The first kappa shape index (κ1) is 13.9. The molecule has 21 heavy (non-hydrogen) atoms. The first-order valence-electron chi connectivity index (χ1n) is 7.08. The van der Waals surface area contributed by atoms with Gasteiger partial charge in [-0.2, -0.15) is 0 Å². The Hall–Kier alpha value is -2.07. The van der Waals surface area contributed by atoms with Gasteiger partial charge in [-0.05, 0) is 48.1 Å². The molecule has 0 spiro atoms. The molecule has 3 nitrogen and oxygen atoms in total. The molecule has 2 heterocycles. The maximum Gasteiger partial charge on any atom is 0.337 e. The second-order valence-electron chi connectivity index (χ2n) is 5.13. The predicted octanol–water partition coefficient (Wildman–Crippen LogP) is 3.97. The van der Waals surface area contributed by atoms with Gasteiger partial charge in [-0.25, -0.2) is 4.79 Å². The molecule has 0 bridgehead atoms. The highest BCUT2D eigenvalue weighted by Gasteiger charge is 2.13. The van der Waals surface area contributed by atoms with E-state index in [1.165, 1.54) is 29.9 Å². The summed E-state index contributed by atoms with van der Waals surface area (Å²) in [6.45, 7) is 2.23. The molecule has 1 fully saturated rings. The zero-order valence-corrected chi connectivity index (χ0v) is 12.5. The standard InChI is InChI=1S/C17H17NO2S/c19-17(20)15(16-4-3-11-21-16)12-13-5-7-14(8-6-13)18-9-1-2-10-18/h3-8,11-12H,1-2,9-10H2,(H,19,20)/b15-12-. The lowest BCUT2D eigenvalue weighted by Gasteiger charge is -2.17. The minimum Gasteiger partial charge on any atom is -0.478 e. The lowest BCUT2D eigenvalue weighted by molar-refractivity contribution is -0.130.